The van der Waals surface area contributed by atoms with E-state index in [0.717, 1.165) is 12.1 Å². The summed E-state index contributed by atoms with van der Waals surface area (Å²) in [7, 11) is 0. The highest BCUT2D eigenvalue weighted by atomic mass is 32.1. The van der Waals surface area contributed by atoms with Crippen LogP contribution >= 0.6 is 12.2 Å². The molecular weight excluding hydrogens is 220 g/mol. The Labute approximate surface area is 100.0 Å². The molecule has 0 saturated heterocycles. The van der Waals surface area contributed by atoms with Gasteiger partial charge in [0.1, 0.15) is 0 Å². The van der Waals surface area contributed by atoms with Crippen LogP contribution in [-0.4, -0.2) is 17.9 Å². The summed E-state index contributed by atoms with van der Waals surface area (Å²) >= 11 is 4.93. The van der Waals surface area contributed by atoms with Crippen LogP contribution in [0, 0.1) is 11.3 Å². The van der Waals surface area contributed by atoms with Crippen LogP contribution in [0.3, 0.4) is 0 Å². The van der Waals surface area contributed by atoms with Crippen molar-refractivity contribution in [1.29, 1.82) is 5.26 Å². The molecule has 0 aliphatic rings. The first kappa shape index (κ1) is 12.1. The Balaban J connectivity index is 2.50. The molecule has 0 saturated carbocycles. The zero-order valence-corrected chi connectivity index (χ0v) is 9.71. The van der Waals surface area contributed by atoms with Gasteiger partial charge >= 0.3 is 0 Å². The molecule has 0 fully saturated rings. The molecule has 0 unspecified atom stereocenters. The number of benzene rings is 1. The van der Waals surface area contributed by atoms with Gasteiger partial charge in [0, 0.05) is 6.54 Å². The van der Waals surface area contributed by atoms with Crippen LogP contribution in [0.4, 0.5) is 0 Å². The molecule has 0 amide bonds. The van der Waals surface area contributed by atoms with Crippen molar-refractivity contribution in [2.45, 2.75) is 6.92 Å². The molecule has 0 atom stereocenters. The molecule has 1 aromatic rings. The van der Waals surface area contributed by atoms with Gasteiger partial charge in [-0.3, -0.25) is 5.43 Å². The number of hydrogen-bond acceptors (Lipinski definition) is 3. The quantitative estimate of drug-likeness (QED) is 0.469. The smallest absolute Gasteiger partial charge is 0.186 e. The second kappa shape index (κ2) is 6.53. The van der Waals surface area contributed by atoms with Crippen LogP contribution in [0.25, 0.3) is 0 Å². The number of hydrazone groups is 1. The SMILES string of the molecule is CCNC(=S)N/N=C/c1ccc(C#N)cc1. The third-order valence-corrected chi connectivity index (χ3v) is 1.99. The first-order valence-corrected chi connectivity index (χ1v) is 5.24. The largest absolute Gasteiger partial charge is 0.362 e. The topological polar surface area (TPSA) is 60.2 Å². The Hall–Kier alpha value is -1.93. The van der Waals surface area contributed by atoms with Gasteiger partial charge in [-0.25, -0.2) is 0 Å². The molecular formula is C11H12N4S. The van der Waals surface area contributed by atoms with Crippen molar-refractivity contribution in [2.75, 3.05) is 6.54 Å². The normalized spacial score (nSPS) is 9.75. The summed E-state index contributed by atoms with van der Waals surface area (Å²) in [5, 5.41) is 16.0. The molecule has 82 valence electrons. The van der Waals surface area contributed by atoms with E-state index >= 15 is 0 Å². The average Bonchev–Trinajstić information content (AvgIpc) is 2.30. The molecule has 1 rings (SSSR count). The molecule has 0 bridgehead atoms. The Morgan fingerprint density at radius 1 is 1.50 bits per heavy atom. The third-order valence-electron chi connectivity index (χ3n) is 1.76. The maximum atomic E-state index is 8.62. The summed E-state index contributed by atoms with van der Waals surface area (Å²) in [6.45, 7) is 2.72. The lowest BCUT2D eigenvalue weighted by Gasteiger charge is -2.02. The van der Waals surface area contributed by atoms with Crippen LogP contribution in [-0.2, 0) is 0 Å². The highest BCUT2D eigenvalue weighted by Crippen LogP contribution is 2.00. The van der Waals surface area contributed by atoms with Gasteiger partial charge in [0.15, 0.2) is 5.11 Å². The van der Waals surface area contributed by atoms with E-state index in [9.17, 15) is 0 Å². The monoisotopic (exact) mass is 232 g/mol. The van der Waals surface area contributed by atoms with Gasteiger partial charge in [-0.1, -0.05) is 12.1 Å². The Morgan fingerprint density at radius 2 is 2.19 bits per heavy atom. The van der Waals surface area contributed by atoms with E-state index in [1.165, 1.54) is 0 Å². The van der Waals surface area contributed by atoms with Crippen molar-refractivity contribution >= 4 is 23.5 Å². The van der Waals surface area contributed by atoms with Crippen LogP contribution in [0.5, 0.6) is 0 Å². The van der Waals surface area contributed by atoms with Crippen molar-refractivity contribution in [3.63, 3.8) is 0 Å². The molecule has 0 aliphatic heterocycles. The average molecular weight is 232 g/mol. The molecule has 1 aromatic carbocycles. The number of hydrogen-bond donors (Lipinski definition) is 2. The molecule has 0 spiro atoms. The molecule has 5 heteroatoms. The summed E-state index contributed by atoms with van der Waals surface area (Å²) in [4.78, 5) is 0. The minimum Gasteiger partial charge on any atom is -0.362 e. The van der Waals surface area contributed by atoms with Crippen LogP contribution in [0.1, 0.15) is 18.1 Å². The first-order chi connectivity index (χ1) is 7.76. The fourth-order valence-electron chi connectivity index (χ4n) is 1.01. The molecule has 0 aromatic heterocycles. The minimum atomic E-state index is 0.493. The summed E-state index contributed by atoms with van der Waals surface area (Å²) in [5.41, 5.74) is 4.23. The van der Waals surface area contributed by atoms with E-state index in [-0.39, 0.29) is 0 Å². The fourth-order valence-corrected chi connectivity index (χ4v) is 1.21. The van der Waals surface area contributed by atoms with E-state index in [0.29, 0.717) is 10.7 Å². The minimum absolute atomic E-state index is 0.493. The Bertz CT molecular complexity index is 417. The van der Waals surface area contributed by atoms with Crippen LogP contribution < -0.4 is 10.7 Å². The summed E-state index contributed by atoms with van der Waals surface area (Å²) in [6.07, 6.45) is 1.64. The highest BCUT2D eigenvalue weighted by Gasteiger charge is 1.91. The zero-order chi connectivity index (χ0) is 11.8. The van der Waals surface area contributed by atoms with Crippen LogP contribution in [0.2, 0.25) is 0 Å². The van der Waals surface area contributed by atoms with Gasteiger partial charge in [-0.15, -0.1) is 0 Å². The maximum Gasteiger partial charge on any atom is 0.186 e. The molecule has 0 radical (unpaired) electrons. The predicted octanol–water partition coefficient (Wildman–Crippen LogP) is 1.38. The highest BCUT2D eigenvalue weighted by molar-refractivity contribution is 7.80. The molecule has 0 heterocycles. The van der Waals surface area contributed by atoms with E-state index in [2.05, 4.69) is 21.9 Å². The fraction of sp³-hybridized carbons (Fsp3) is 0.182. The molecule has 4 nitrogen and oxygen atoms in total. The summed E-state index contributed by atoms with van der Waals surface area (Å²) in [6, 6.07) is 9.17. The lowest BCUT2D eigenvalue weighted by atomic mass is 10.2. The van der Waals surface area contributed by atoms with Gasteiger partial charge < -0.3 is 5.32 Å². The van der Waals surface area contributed by atoms with Crippen molar-refractivity contribution in [1.82, 2.24) is 10.7 Å². The summed E-state index contributed by atoms with van der Waals surface area (Å²) in [5.74, 6) is 0. The predicted molar refractivity (Wildman–Crippen MR) is 68.2 cm³/mol. The zero-order valence-electron chi connectivity index (χ0n) is 8.90. The standard InChI is InChI=1S/C11H12N4S/c1-2-13-11(16)15-14-8-10-5-3-9(7-12)4-6-10/h3-6,8H,2H2,1H3,(H2,13,15,16)/b14-8+. The number of nitrogens with zero attached hydrogens (tertiary/aromatic N) is 2. The first-order valence-electron chi connectivity index (χ1n) is 4.83. The second-order valence-electron chi connectivity index (χ2n) is 2.96. The van der Waals surface area contributed by atoms with E-state index in [4.69, 9.17) is 17.5 Å². The van der Waals surface area contributed by atoms with Crippen molar-refractivity contribution < 1.29 is 0 Å². The van der Waals surface area contributed by atoms with E-state index < -0.39 is 0 Å². The lowest BCUT2D eigenvalue weighted by molar-refractivity contribution is 0.904. The molecule has 0 aliphatic carbocycles. The molecule has 2 N–H and O–H groups in total. The second-order valence-corrected chi connectivity index (χ2v) is 3.37. The Morgan fingerprint density at radius 3 is 2.75 bits per heavy atom. The van der Waals surface area contributed by atoms with Gasteiger partial charge in [-0.05, 0) is 36.8 Å². The van der Waals surface area contributed by atoms with Gasteiger partial charge in [0.2, 0.25) is 0 Å². The van der Waals surface area contributed by atoms with Gasteiger partial charge in [-0.2, -0.15) is 10.4 Å². The third kappa shape index (κ3) is 4.07. The number of nitriles is 1. The van der Waals surface area contributed by atoms with E-state index in [1.54, 1.807) is 18.3 Å². The molecule has 16 heavy (non-hydrogen) atoms. The number of nitrogens with one attached hydrogen (secondary N) is 2. The van der Waals surface area contributed by atoms with Crippen molar-refractivity contribution in [3.8, 4) is 6.07 Å². The number of thiocarbonyl (C=S) groups is 1. The van der Waals surface area contributed by atoms with Gasteiger partial charge in [0.25, 0.3) is 0 Å². The summed E-state index contributed by atoms with van der Waals surface area (Å²) < 4.78 is 0. The van der Waals surface area contributed by atoms with Gasteiger partial charge in [0.05, 0.1) is 17.8 Å². The maximum absolute atomic E-state index is 8.62. The Kier molecular flexibility index (Phi) is 4.96. The van der Waals surface area contributed by atoms with Crippen molar-refractivity contribution in [3.05, 3.63) is 35.4 Å². The van der Waals surface area contributed by atoms with Crippen LogP contribution in [0.15, 0.2) is 29.4 Å². The lowest BCUT2D eigenvalue weighted by Crippen LogP contribution is -2.31. The van der Waals surface area contributed by atoms with Crippen molar-refractivity contribution in [2.24, 2.45) is 5.10 Å². The van der Waals surface area contributed by atoms with E-state index in [1.807, 2.05) is 19.1 Å². The number of rotatable bonds is 3.